The van der Waals surface area contributed by atoms with Crippen LogP contribution in [0.25, 0.3) is 32.7 Å². The van der Waals surface area contributed by atoms with E-state index in [0.717, 1.165) is 32.7 Å². The van der Waals surface area contributed by atoms with Gasteiger partial charge in [-0.05, 0) is 18.6 Å². The molecule has 0 atom stereocenters. The number of hydrogen-bond donors (Lipinski definition) is 1. The number of aromatic carboxylic acids is 1. The number of carbonyl (C=O) groups is 1. The maximum atomic E-state index is 11.5. The van der Waals surface area contributed by atoms with Crippen LogP contribution in [0, 0.1) is 6.92 Å². The highest BCUT2D eigenvalue weighted by Crippen LogP contribution is 2.42. The van der Waals surface area contributed by atoms with Crippen molar-refractivity contribution in [2.24, 2.45) is 7.05 Å². The first-order valence-electron chi connectivity index (χ1n) is 7.92. The number of fused-ring (bicyclic) bond motifs is 1. The monoisotopic (exact) mass is 348 g/mol. The van der Waals surface area contributed by atoms with Crippen LogP contribution in [0.5, 0.6) is 0 Å². The van der Waals surface area contributed by atoms with Crippen molar-refractivity contribution in [3.8, 4) is 21.8 Å². The maximum absolute atomic E-state index is 11.5. The third-order valence-corrected chi connectivity index (χ3v) is 5.52. The van der Waals surface area contributed by atoms with Gasteiger partial charge in [-0.25, -0.2) is 9.78 Å². The van der Waals surface area contributed by atoms with E-state index in [9.17, 15) is 9.90 Å². The highest BCUT2D eigenvalue weighted by Gasteiger charge is 2.23. The van der Waals surface area contributed by atoms with E-state index in [1.54, 1.807) is 6.92 Å². The summed E-state index contributed by atoms with van der Waals surface area (Å²) in [4.78, 5) is 16.3. The Morgan fingerprint density at radius 2 is 1.76 bits per heavy atom. The molecule has 0 radical (unpaired) electrons. The normalized spacial score (nSPS) is 11.1. The number of para-hydroxylation sites is 1. The van der Waals surface area contributed by atoms with Crippen molar-refractivity contribution in [2.75, 3.05) is 0 Å². The Morgan fingerprint density at radius 3 is 2.44 bits per heavy atom. The fourth-order valence-corrected chi connectivity index (χ4v) is 4.21. The molecule has 1 N–H and O–H groups in total. The van der Waals surface area contributed by atoms with Gasteiger partial charge in [0.05, 0.1) is 11.4 Å². The minimum absolute atomic E-state index is 0.293. The highest BCUT2D eigenvalue weighted by molar-refractivity contribution is 7.17. The molecule has 2 aromatic carbocycles. The van der Waals surface area contributed by atoms with Gasteiger partial charge < -0.3 is 9.67 Å². The van der Waals surface area contributed by atoms with Crippen molar-refractivity contribution >= 4 is 28.2 Å². The number of carboxylic acid groups (broad SMARTS) is 1. The van der Waals surface area contributed by atoms with E-state index >= 15 is 0 Å². The molecular weight excluding hydrogens is 332 g/mol. The number of nitrogens with zero attached hydrogens (tertiary/aromatic N) is 2. The summed E-state index contributed by atoms with van der Waals surface area (Å²) in [5.41, 5.74) is 4.78. The zero-order chi connectivity index (χ0) is 17.6. The molecule has 0 fully saturated rings. The molecule has 124 valence electrons. The lowest BCUT2D eigenvalue weighted by Crippen LogP contribution is -1.94. The van der Waals surface area contributed by atoms with Crippen LogP contribution in [0.3, 0.4) is 0 Å². The second kappa shape index (κ2) is 5.86. The van der Waals surface area contributed by atoms with Gasteiger partial charge >= 0.3 is 5.97 Å². The van der Waals surface area contributed by atoms with Crippen molar-refractivity contribution < 1.29 is 9.90 Å². The summed E-state index contributed by atoms with van der Waals surface area (Å²) in [6.07, 6.45) is 0. The van der Waals surface area contributed by atoms with Gasteiger partial charge in [0, 0.05) is 23.5 Å². The van der Waals surface area contributed by atoms with Crippen LogP contribution in [0.4, 0.5) is 0 Å². The molecule has 2 aromatic heterocycles. The predicted molar refractivity (Wildman–Crippen MR) is 101 cm³/mol. The number of rotatable bonds is 3. The lowest BCUT2D eigenvalue weighted by atomic mass is 10.1. The molecule has 0 saturated heterocycles. The smallest absolute Gasteiger partial charge is 0.347 e. The molecule has 5 heteroatoms. The number of hydrogen-bond acceptors (Lipinski definition) is 3. The number of carboxylic acids is 1. The summed E-state index contributed by atoms with van der Waals surface area (Å²) in [6, 6.07) is 18.3. The van der Waals surface area contributed by atoms with Gasteiger partial charge in [-0.15, -0.1) is 11.3 Å². The summed E-state index contributed by atoms with van der Waals surface area (Å²) in [5, 5.41) is 11.2. The summed E-state index contributed by atoms with van der Waals surface area (Å²) in [7, 11) is 2.03. The summed E-state index contributed by atoms with van der Waals surface area (Å²) >= 11 is 1.23. The lowest BCUT2D eigenvalue weighted by molar-refractivity contribution is 0.0701. The fraction of sp³-hybridized carbons (Fsp3) is 0.100. The average molecular weight is 348 g/mol. The molecule has 0 aliphatic carbocycles. The number of aromatic nitrogens is 2. The van der Waals surface area contributed by atoms with Crippen molar-refractivity contribution in [1.29, 1.82) is 0 Å². The molecule has 0 amide bonds. The topological polar surface area (TPSA) is 55.1 Å². The first-order valence-corrected chi connectivity index (χ1v) is 8.73. The Morgan fingerprint density at radius 1 is 1.08 bits per heavy atom. The lowest BCUT2D eigenvalue weighted by Gasteiger charge is -2.06. The Kier molecular flexibility index (Phi) is 3.66. The van der Waals surface area contributed by atoms with Gasteiger partial charge in [0.25, 0.3) is 0 Å². The Hall–Kier alpha value is -2.92. The first kappa shape index (κ1) is 15.6. The molecule has 2 heterocycles. The van der Waals surface area contributed by atoms with Crippen molar-refractivity contribution in [2.45, 2.75) is 6.92 Å². The quantitative estimate of drug-likeness (QED) is 0.568. The van der Waals surface area contributed by atoms with Gasteiger partial charge in [0.2, 0.25) is 0 Å². The van der Waals surface area contributed by atoms with Crippen LogP contribution >= 0.6 is 11.3 Å². The molecule has 0 spiro atoms. The maximum Gasteiger partial charge on any atom is 0.347 e. The average Bonchev–Trinajstić information content (AvgIpc) is 3.14. The van der Waals surface area contributed by atoms with E-state index < -0.39 is 5.97 Å². The minimum atomic E-state index is -0.928. The third-order valence-electron chi connectivity index (χ3n) is 4.36. The van der Waals surface area contributed by atoms with Crippen molar-refractivity contribution in [3.05, 3.63) is 65.2 Å². The molecular formula is C20H16N2O2S. The van der Waals surface area contributed by atoms with Gasteiger partial charge in [0.15, 0.2) is 0 Å². The van der Waals surface area contributed by atoms with E-state index in [4.69, 9.17) is 0 Å². The van der Waals surface area contributed by atoms with Crippen LogP contribution in [0.2, 0.25) is 0 Å². The molecule has 0 unspecified atom stereocenters. The fourth-order valence-electron chi connectivity index (χ4n) is 3.25. The zero-order valence-corrected chi connectivity index (χ0v) is 14.7. The van der Waals surface area contributed by atoms with Crippen LogP contribution < -0.4 is 0 Å². The minimum Gasteiger partial charge on any atom is -0.477 e. The van der Waals surface area contributed by atoms with Crippen LogP contribution in [-0.4, -0.2) is 20.6 Å². The Labute approximate surface area is 149 Å². The molecule has 4 aromatic rings. The van der Waals surface area contributed by atoms with Gasteiger partial charge in [0.1, 0.15) is 9.88 Å². The summed E-state index contributed by atoms with van der Waals surface area (Å²) in [5.74, 6) is -0.928. The Balaban J connectivity index is 2.09. The highest BCUT2D eigenvalue weighted by atomic mass is 32.1. The van der Waals surface area contributed by atoms with E-state index in [1.165, 1.54) is 11.3 Å². The molecule has 4 nitrogen and oxygen atoms in total. The number of aryl methyl sites for hydroxylation is 2. The van der Waals surface area contributed by atoms with Gasteiger partial charge in [-0.1, -0.05) is 48.5 Å². The van der Waals surface area contributed by atoms with E-state index in [1.807, 2.05) is 37.4 Å². The number of thiazole rings is 1. The van der Waals surface area contributed by atoms with Gasteiger partial charge in [-0.3, -0.25) is 0 Å². The zero-order valence-electron chi connectivity index (χ0n) is 13.9. The van der Waals surface area contributed by atoms with E-state index in [0.29, 0.717) is 10.6 Å². The van der Waals surface area contributed by atoms with Crippen molar-refractivity contribution in [3.63, 3.8) is 0 Å². The van der Waals surface area contributed by atoms with Gasteiger partial charge in [-0.2, -0.15) is 0 Å². The molecule has 0 saturated carbocycles. The molecule has 4 rings (SSSR count). The molecule has 0 aliphatic heterocycles. The third kappa shape index (κ3) is 2.44. The first-order chi connectivity index (χ1) is 12.1. The van der Waals surface area contributed by atoms with Crippen LogP contribution in [0.1, 0.15) is 15.4 Å². The molecule has 0 bridgehead atoms. The Bertz CT molecular complexity index is 1090. The second-order valence-corrected chi connectivity index (χ2v) is 6.90. The molecule has 25 heavy (non-hydrogen) atoms. The van der Waals surface area contributed by atoms with Crippen LogP contribution in [0.15, 0.2) is 54.6 Å². The predicted octanol–water partition coefficient (Wildman–Crippen LogP) is 4.98. The standard InChI is InChI=1S/C20H16N2O2S/c1-12-18(20(23)24)25-19(21-12)16-14-10-6-7-11-15(14)22(2)17(16)13-8-4-3-5-9-13/h3-11H,1-2H3,(H,23,24). The van der Waals surface area contributed by atoms with Crippen molar-refractivity contribution in [1.82, 2.24) is 9.55 Å². The second-order valence-electron chi connectivity index (χ2n) is 5.90. The van der Waals surface area contributed by atoms with E-state index in [2.05, 4.69) is 33.8 Å². The SMILES string of the molecule is Cc1nc(-c2c(-c3ccccc3)n(C)c3ccccc23)sc1C(=O)O. The number of benzene rings is 2. The van der Waals surface area contributed by atoms with E-state index in [-0.39, 0.29) is 0 Å². The summed E-state index contributed by atoms with van der Waals surface area (Å²) < 4.78 is 2.15. The largest absolute Gasteiger partial charge is 0.477 e. The summed E-state index contributed by atoms with van der Waals surface area (Å²) in [6.45, 7) is 1.75. The van der Waals surface area contributed by atoms with Crippen LogP contribution in [-0.2, 0) is 7.05 Å². The molecule has 0 aliphatic rings.